The SMILES string of the molecule is c1ccc(-c2cc(-c3ccccc3)cc(N3c4ccc(Oc5cccc(-c6ccccc6)n5)nc4N(c4ccccc4)c4sc5ccccc5c43)c2)cc1. The summed E-state index contributed by atoms with van der Waals surface area (Å²) in [5.41, 5.74) is 10.6. The van der Waals surface area contributed by atoms with Gasteiger partial charge < -0.3 is 9.64 Å². The average molecular weight is 713 g/mol. The number of nitrogens with zero attached hydrogens (tertiary/aromatic N) is 4. The zero-order valence-corrected chi connectivity index (χ0v) is 29.9. The molecule has 0 amide bonds. The summed E-state index contributed by atoms with van der Waals surface area (Å²) >= 11 is 1.77. The molecule has 0 N–H and O–H groups in total. The minimum Gasteiger partial charge on any atom is -0.421 e. The fraction of sp³-hybridized carbons (Fsp3) is 0. The minimum atomic E-state index is 0.458. The van der Waals surface area contributed by atoms with Crippen molar-refractivity contribution in [2.75, 3.05) is 9.80 Å². The van der Waals surface area contributed by atoms with Crippen LogP contribution < -0.4 is 14.5 Å². The molecule has 0 radical (unpaired) electrons. The third kappa shape index (κ3) is 5.75. The van der Waals surface area contributed by atoms with E-state index < -0.39 is 0 Å². The largest absolute Gasteiger partial charge is 0.421 e. The molecule has 0 fully saturated rings. The van der Waals surface area contributed by atoms with Gasteiger partial charge in [-0.15, -0.1) is 11.3 Å². The highest BCUT2D eigenvalue weighted by Gasteiger charge is 2.36. The molecule has 9 aromatic rings. The number of thiophene rings is 1. The molecule has 256 valence electrons. The molecule has 0 atom stereocenters. The lowest BCUT2D eigenvalue weighted by molar-refractivity contribution is 0.446. The zero-order chi connectivity index (χ0) is 35.8. The third-order valence-corrected chi connectivity index (χ3v) is 10.8. The van der Waals surface area contributed by atoms with Crippen molar-refractivity contribution in [1.82, 2.24) is 9.97 Å². The standard InChI is InChI=1S/C48H32N4OS/c1-5-16-33(17-6-1)36-30-37(34-18-7-2-8-19-34)32-39(31-36)51-42-28-29-45(53-44-27-15-25-41(49-44)35-20-9-3-10-21-35)50-47(42)52(38-22-11-4-12-23-38)48-46(51)40-24-13-14-26-43(40)54-48/h1-32H. The van der Waals surface area contributed by atoms with Crippen molar-refractivity contribution in [3.05, 3.63) is 194 Å². The molecular formula is C48H32N4OS. The number of anilines is 6. The Balaban J connectivity index is 1.19. The van der Waals surface area contributed by atoms with Crippen LogP contribution in [-0.2, 0) is 0 Å². The van der Waals surface area contributed by atoms with Gasteiger partial charge in [-0.1, -0.05) is 133 Å². The second-order valence-corrected chi connectivity index (χ2v) is 14.1. The number of rotatable bonds is 7. The predicted octanol–water partition coefficient (Wildman–Crippen LogP) is 13.7. The van der Waals surface area contributed by atoms with E-state index >= 15 is 0 Å². The van der Waals surface area contributed by atoms with Crippen LogP contribution >= 0.6 is 11.3 Å². The number of fused-ring (bicyclic) bond motifs is 4. The topological polar surface area (TPSA) is 41.5 Å². The first kappa shape index (κ1) is 31.7. The summed E-state index contributed by atoms with van der Waals surface area (Å²) in [6.07, 6.45) is 0. The quantitative estimate of drug-likeness (QED) is 0.165. The second kappa shape index (κ2) is 13.5. The van der Waals surface area contributed by atoms with Crippen LogP contribution in [0, 0.1) is 0 Å². The predicted molar refractivity (Wildman–Crippen MR) is 223 cm³/mol. The molecule has 5 nitrogen and oxygen atoms in total. The summed E-state index contributed by atoms with van der Waals surface area (Å²) in [4.78, 5) is 14.8. The van der Waals surface area contributed by atoms with Gasteiger partial charge in [0.25, 0.3) is 0 Å². The van der Waals surface area contributed by atoms with Crippen LogP contribution in [0.2, 0.25) is 0 Å². The van der Waals surface area contributed by atoms with E-state index in [0.717, 1.165) is 67.1 Å². The van der Waals surface area contributed by atoms with E-state index in [1.165, 1.54) is 10.1 Å². The monoisotopic (exact) mass is 712 g/mol. The lowest BCUT2D eigenvalue weighted by Gasteiger charge is -2.38. The van der Waals surface area contributed by atoms with Crippen LogP contribution in [0.4, 0.5) is 33.6 Å². The summed E-state index contributed by atoms with van der Waals surface area (Å²) in [5, 5.41) is 2.26. The first-order valence-corrected chi connectivity index (χ1v) is 18.7. The number of ether oxygens (including phenoxy) is 1. The molecule has 54 heavy (non-hydrogen) atoms. The highest BCUT2D eigenvalue weighted by Crippen LogP contribution is 2.60. The van der Waals surface area contributed by atoms with Crippen molar-refractivity contribution < 1.29 is 4.74 Å². The number of para-hydroxylation sites is 1. The maximum atomic E-state index is 6.47. The van der Waals surface area contributed by atoms with E-state index in [4.69, 9.17) is 14.7 Å². The van der Waals surface area contributed by atoms with Gasteiger partial charge in [-0.2, -0.15) is 4.98 Å². The number of hydrogen-bond donors (Lipinski definition) is 0. The van der Waals surface area contributed by atoms with Gasteiger partial charge in [0.05, 0.1) is 17.1 Å². The molecule has 0 unspecified atom stereocenters. The molecule has 6 heteroatoms. The molecule has 1 aliphatic rings. The Morgan fingerprint density at radius 3 is 1.70 bits per heavy atom. The average Bonchev–Trinajstić information content (AvgIpc) is 3.63. The second-order valence-electron chi connectivity index (χ2n) is 13.1. The molecule has 0 saturated carbocycles. The Kier molecular flexibility index (Phi) is 7.93. The first-order chi connectivity index (χ1) is 26.8. The molecule has 0 saturated heterocycles. The lowest BCUT2D eigenvalue weighted by atomic mass is 9.97. The van der Waals surface area contributed by atoms with Crippen LogP contribution in [0.1, 0.15) is 0 Å². The van der Waals surface area contributed by atoms with Crippen molar-refractivity contribution in [2.24, 2.45) is 0 Å². The molecule has 0 aliphatic carbocycles. The van der Waals surface area contributed by atoms with E-state index in [1.54, 1.807) is 11.3 Å². The van der Waals surface area contributed by atoms with Crippen LogP contribution in [-0.4, -0.2) is 9.97 Å². The van der Waals surface area contributed by atoms with E-state index in [9.17, 15) is 0 Å². The number of hydrogen-bond acceptors (Lipinski definition) is 6. The van der Waals surface area contributed by atoms with Crippen molar-refractivity contribution in [3.63, 3.8) is 0 Å². The van der Waals surface area contributed by atoms with Crippen molar-refractivity contribution in [3.8, 4) is 45.3 Å². The fourth-order valence-corrected chi connectivity index (χ4v) is 8.40. The van der Waals surface area contributed by atoms with Crippen LogP contribution in [0.5, 0.6) is 11.8 Å². The first-order valence-electron chi connectivity index (χ1n) is 17.9. The van der Waals surface area contributed by atoms with Gasteiger partial charge in [-0.3, -0.25) is 4.90 Å². The van der Waals surface area contributed by atoms with E-state index in [0.29, 0.717) is 11.8 Å². The molecule has 10 rings (SSSR count). The van der Waals surface area contributed by atoms with Gasteiger partial charge in [0, 0.05) is 39.2 Å². The van der Waals surface area contributed by atoms with E-state index in [2.05, 4.69) is 143 Å². The van der Waals surface area contributed by atoms with Crippen molar-refractivity contribution in [2.45, 2.75) is 0 Å². The van der Waals surface area contributed by atoms with Crippen LogP contribution in [0.3, 0.4) is 0 Å². The van der Waals surface area contributed by atoms with Crippen molar-refractivity contribution >= 4 is 55.0 Å². The van der Waals surface area contributed by atoms with Crippen LogP contribution in [0.15, 0.2) is 194 Å². The maximum Gasteiger partial charge on any atom is 0.223 e. The van der Waals surface area contributed by atoms with E-state index in [-0.39, 0.29) is 0 Å². The molecule has 6 aromatic carbocycles. The van der Waals surface area contributed by atoms with Gasteiger partial charge in [-0.05, 0) is 70.8 Å². The normalized spacial score (nSPS) is 12.0. The van der Waals surface area contributed by atoms with Gasteiger partial charge >= 0.3 is 0 Å². The Bertz CT molecular complexity index is 2700. The molecular weight excluding hydrogens is 681 g/mol. The Labute approximate surface area is 317 Å². The zero-order valence-electron chi connectivity index (χ0n) is 29.1. The summed E-state index contributed by atoms with van der Waals surface area (Å²) < 4.78 is 7.66. The molecule has 0 bridgehead atoms. The Morgan fingerprint density at radius 1 is 0.426 bits per heavy atom. The highest BCUT2D eigenvalue weighted by atomic mass is 32.1. The highest BCUT2D eigenvalue weighted by molar-refractivity contribution is 7.24. The molecule has 4 heterocycles. The van der Waals surface area contributed by atoms with Gasteiger partial charge in [-0.25, -0.2) is 4.98 Å². The Hall–Kier alpha value is -7.02. The van der Waals surface area contributed by atoms with Gasteiger partial charge in [0.15, 0.2) is 5.82 Å². The summed E-state index contributed by atoms with van der Waals surface area (Å²) in [7, 11) is 0. The molecule has 1 aliphatic heterocycles. The number of benzene rings is 6. The molecule has 0 spiro atoms. The van der Waals surface area contributed by atoms with Gasteiger partial charge in [0.2, 0.25) is 11.8 Å². The van der Waals surface area contributed by atoms with Crippen LogP contribution in [0.25, 0.3) is 43.6 Å². The lowest BCUT2D eigenvalue weighted by Crippen LogP contribution is -2.24. The summed E-state index contributed by atoms with van der Waals surface area (Å²) in [6.45, 7) is 0. The van der Waals surface area contributed by atoms with Crippen molar-refractivity contribution in [1.29, 1.82) is 0 Å². The summed E-state index contributed by atoms with van der Waals surface area (Å²) in [5.74, 6) is 1.71. The smallest absolute Gasteiger partial charge is 0.223 e. The molecule has 3 aromatic heterocycles. The maximum absolute atomic E-state index is 6.47. The minimum absolute atomic E-state index is 0.458. The van der Waals surface area contributed by atoms with Gasteiger partial charge in [0.1, 0.15) is 5.00 Å². The fourth-order valence-electron chi connectivity index (χ4n) is 7.19. The number of aromatic nitrogens is 2. The number of pyridine rings is 2. The Morgan fingerprint density at radius 2 is 1.02 bits per heavy atom. The van der Waals surface area contributed by atoms with E-state index in [1.807, 2.05) is 60.7 Å². The third-order valence-electron chi connectivity index (χ3n) is 9.67. The summed E-state index contributed by atoms with van der Waals surface area (Å²) in [6, 6.07) is 67.2.